The summed E-state index contributed by atoms with van der Waals surface area (Å²) in [5, 5.41) is 23.3. The topological polar surface area (TPSA) is 68.9 Å². The molecule has 0 radical (unpaired) electrons. The first-order chi connectivity index (χ1) is 11.6. The van der Waals surface area contributed by atoms with Gasteiger partial charge < -0.3 is 10.4 Å². The quantitative estimate of drug-likeness (QED) is 0.751. The van der Waals surface area contributed by atoms with Gasteiger partial charge in [-0.15, -0.1) is 0 Å². The maximum atomic E-state index is 13.5. The normalized spacial score (nSPS) is 11.9. The monoisotopic (exact) mass is 341 g/mol. The number of fused-ring (bicyclic) bond motifs is 1. The van der Waals surface area contributed by atoms with Gasteiger partial charge in [0.15, 0.2) is 0 Å². The lowest BCUT2D eigenvalue weighted by molar-refractivity contribution is 0.191. The molecule has 3 aromatic rings. The van der Waals surface area contributed by atoms with Gasteiger partial charge in [0.25, 0.3) is 0 Å². The molecule has 0 amide bonds. The van der Waals surface area contributed by atoms with Crippen LogP contribution in [0.2, 0.25) is 5.02 Å². The van der Waals surface area contributed by atoms with Gasteiger partial charge in [-0.25, -0.2) is 9.37 Å². The second-order valence-corrected chi connectivity index (χ2v) is 5.66. The second kappa shape index (κ2) is 6.83. The van der Waals surface area contributed by atoms with E-state index in [0.29, 0.717) is 16.8 Å². The summed E-state index contributed by atoms with van der Waals surface area (Å²) in [5.41, 5.74) is 2.07. The Balaban J connectivity index is 1.85. The number of halogens is 2. The third-order valence-electron chi connectivity index (χ3n) is 3.65. The molecule has 0 saturated heterocycles. The van der Waals surface area contributed by atoms with Crippen LogP contribution in [0, 0.1) is 17.1 Å². The first-order valence-electron chi connectivity index (χ1n) is 7.25. The minimum Gasteiger partial charge on any atom is -0.387 e. The van der Waals surface area contributed by atoms with Crippen LogP contribution in [-0.4, -0.2) is 16.6 Å². The summed E-state index contributed by atoms with van der Waals surface area (Å²) >= 11 is 5.65. The maximum Gasteiger partial charge on any atom is 0.143 e. The van der Waals surface area contributed by atoms with Crippen LogP contribution in [0.1, 0.15) is 17.4 Å². The number of pyridine rings is 1. The van der Waals surface area contributed by atoms with Crippen molar-refractivity contribution in [1.82, 2.24) is 4.98 Å². The number of aromatic nitrogens is 1. The van der Waals surface area contributed by atoms with Crippen LogP contribution in [0.3, 0.4) is 0 Å². The number of nitriles is 1. The van der Waals surface area contributed by atoms with Crippen LogP contribution in [0.5, 0.6) is 0 Å². The van der Waals surface area contributed by atoms with E-state index in [-0.39, 0.29) is 17.3 Å². The molecular formula is C18H13ClFN3O. The molecule has 2 aromatic carbocycles. The smallest absolute Gasteiger partial charge is 0.143 e. The standard InChI is InChI=1S/C18H13ClFN3O/c19-14-6-5-11(7-15(14)20)18(24)10-22-17-8-12(9-21)23-16-4-2-1-3-13(16)17/h1-8,18,24H,10H2,(H,22,23). The van der Waals surface area contributed by atoms with Crippen LogP contribution in [-0.2, 0) is 0 Å². The van der Waals surface area contributed by atoms with E-state index in [1.54, 1.807) is 12.1 Å². The van der Waals surface area contributed by atoms with Gasteiger partial charge in [-0.3, -0.25) is 0 Å². The Hall–Kier alpha value is -2.68. The molecule has 2 N–H and O–H groups in total. The lowest BCUT2D eigenvalue weighted by Gasteiger charge is -2.15. The SMILES string of the molecule is N#Cc1cc(NCC(O)c2ccc(Cl)c(F)c2)c2ccccc2n1. The summed E-state index contributed by atoms with van der Waals surface area (Å²) in [6.07, 6.45) is -0.922. The van der Waals surface area contributed by atoms with Crippen molar-refractivity contribution in [3.63, 3.8) is 0 Å². The Morgan fingerprint density at radius 1 is 1.25 bits per heavy atom. The highest BCUT2D eigenvalue weighted by Crippen LogP contribution is 2.25. The molecule has 4 nitrogen and oxygen atoms in total. The molecule has 1 atom stereocenters. The Labute approximate surface area is 143 Å². The van der Waals surface area contributed by atoms with E-state index in [1.165, 1.54) is 12.1 Å². The van der Waals surface area contributed by atoms with E-state index in [4.69, 9.17) is 16.9 Å². The van der Waals surface area contributed by atoms with E-state index >= 15 is 0 Å². The number of aliphatic hydroxyl groups excluding tert-OH is 1. The number of rotatable bonds is 4. The predicted octanol–water partition coefficient (Wildman–Crippen LogP) is 4.04. The molecule has 24 heavy (non-hydrogen) atoms. The first kappa shape index (κ1) is 16.2. The minimum atomic E-state index is -0.922. The number of hydrogen-bond acceptors (Lipinski definition) is 4. The molecule has 0 spiro atoms. The van der Waals surface area contributed by atoms with Crippen molar-refractivity contribution in [1.29, 1.82) is 5.26 Å². The van der Waals surface area contributed by atoms with E-state index in [1.807, 2.05) is 30.3 Å². The lowest BCUT2D eigenvalue weighted by atomic mass is 10.1. The van der Waals surface area contributed by atoms with Crippen molar-refractivity contribution in [2.24, 2.45) is 0 Å². The van der Waals surface area contributed by atoms with Crippen LogP contribution < -0.4 is 5.32 Å². The van der Waals surface area contributed by atoms with E-state index in [9.17, 15) is 9.50 Å². The molecular weight excluding hydrogens is 329 g/mol. The van der Waals surface area contributed by atoms with Gasteiger partial charge in [-0.05, 0) is 29.8 Å². The highest BCUT2D eigenvalue weighted by Gasteiger charge is 2.12. The van der Waals surface area contributed by atoms with Gasteiger partial charge in [0.05, 0.1) is 16.6 Å². The molecule has 120 valence electrons. The van der Waals surface area contributed by atoms with E-state index < -0.39 is 11.9 Å². The number of anilines is 1. The highest BCUT2D eigenvalue weighted by molar-refractivity contribution is 6.30. The summed E-state index contributed by atoms with van der Waals surface area (Å²) in [6.45, 7) is 0.153. The van der Waals surface area contributed by atoms with Crippen molar-refractivity contribution >= 4 is 28.2 Å². The molecule has 3 rings (SSSR count). The van der Waals surface area contributed by atoms with Crippen LogP contribution in [0.25, 0.3) is 10.9 Å². The number of benzene rings is 2. The van der Waals surface area contributed by atoms with Gasteiger partial charge in [0, 0.05) is 17.6 Å². The Morgan fingerprint density at radius 2 is 2.04 bits per heavy atom. The second-order valence-electron chi connectivity index (χ2n) is 5.25. The average Bonchev–Trinajstić information content (AvgIpc) is 2.61. The fourth-order valence-corrected chi connectivity index (χ4v) is 2.54. The van der Waals surface area contributed by atoms with Gasteiger partial charge in [-0.1, -0.05) is 35.9 Å². The molecule has 1 unspecified atom stereocenters. The summed E-state index contributed by atoms with van der Waals surface area (Å²) in [6, 6.07) is 15.2. The number of nitrogens with zero attached hydrogens (tertiary/aromatic N) is 2. The summed E-state index contributed by atoms with van der Waals surface area (Å²) in [4.78, 5) is 4.23. The van der Waals surface area contributed by atoms with Crippen molar-refractivity contribution in [3.05, 3.63) is 70.6 Å². The molecule has 0 aliphatic carbocycles. The van der Waals surface area contributed by atoms with E-state index in [2.05, 4.69) is 10.3 Å². The summed E-state index contributed by atoms with van der Waals surface area (Å²) < 4.78 is 13.5. The van der Waals surface area contributed by atoms with E-state index in [0.717, 1.165) is 5.39 Å². The maximum absolute atomic E-state index is 13.5. The van der Waals surface area contributed by atoms with Crippen LogP contribution in [0.15, 0.2) is 48.5 Å². The van der Waals surface area contributed by atoms with Gasteiger partial charge >= 0.3 is 0 Å². The number of aliphatic hydroxyl groups is 1. The third-order valence-corrected chi connectivity index (χ3v) is 3.95. The third kappa shape index (κ3) is 3.30. The Kier molecular flexibility index (Phi) is 4.61. The summed E-state index contributed by atoms with van der Waals surface area (Å²) in [7, 11) is 0. The van der Waals surface area contributed by atoms with Crippen molar-refractivity contribution in [2.75, 3.05) is 11.9 Å². The largest absolute Gasteiger partial charge is 0.387 e. The molecule has 0 fully saturated rings. The van der Waals surface area contributed by atoms with Crippen LogP contribution >= 0.6 is 11.6 Å². The van der Waals surface area contributed by atoms with Crippen molar-refractivity contribution in [2.45, 2.75) is 6.10 Å². The molecule has 0 aliphatic heterocycles. The first-order valence-corrected chi connectivity index (χ1v) is 7.63. The zero-order chi connectivity index (χ0) is 17.1. The number of nitrogens with one attached hydrogen (secondary N) is 1. The van der Waals surface area contributed by atoms with Crippen LogP contribution in [0.4, 0.5) is 10.1 Å². The average molecular weight is 342 g/mol. The lowest BCUT2D eigenvalue weighted by Crippen LogP contribution is -2.13. The number of para-hydroxylation sites is 1. The predicted molar refractivity (Wildman–Crippen MR) is 91.3 cm³/mol. The summed E-state index contributed by atoms with van der Waals surface area (Å²) in [5.74, 6) is -0.575. The molecule has 0 aliphatic rings. The fraction of sp³-hybridized carbons (Fsp3) is 0.111. The molecule has 6 heteroatoms. The zero-order valence-electron chi connectivity index (χ0n) is 12.5. The zero-order valence-corrected chi connectivity index (χ0v) is 13.3. The molecule has 0 saturated carbocycles. The minimum absolute atomic E-state index is 0.0118. The Morgan fingerprint density at radius 3 is 2.79 bits per heavy atom. The molecule has 1 heterocycles. The van der Waals surface area contributed by atoms with Crippen molar-refractivity contribution < 1.29 is 9.50 Å². The van der Waals surface area contributed by atoms with Crippen molar-refractivity contribution in [3.8, 4) is 6.07 Å². The Bertz CT molecular complexity index is 939. The molecule has 0 bridgehead atoms. The van der Waals surface area contributed by atoms with Gasteiger partial charge in [0.2, 0.25) is 0 Å². The van der Waals surface area contributed by atoms with Gasteiger partial charge in [0.1, 0.15) is 17.6 Å². The fourth-order valence-electron chi connectivity index (χ4n) is 2.42. The molecule has 1 aromatic heterocycles. The number of hydrogen-bond donors (Lipinski definition) is 2. The highest BCUT2D eigenvalue weighted by atomic mass is 35.5. The van der Waals surface area contributed by atoms with Gasteiger partial charge in [-0.2, -0.15) is 5.26 Å².